The van der Waals surface area contributed by atoms with Gasteiger partial charge < -0.3 is 16.2 Å². The number of carbonyl (C=O) groups is 1. The Morgan fingerprint density at radius 2 is 2.12 bits per heavy atom. The SMILES string of the molecule is NCc1cc(OC(F)(F)F)nc(N)c1C=O. The fourth-order valence-corrected chi connectivity index (χ4v) is 1.08. The molecule has 4 N–H and O–H groups in total. The van der Waals surface area contributed by atoms with Crippen molar-refractivity contribution in [3.05, 3.63) is 17.2 Å². The lowest BCUT2D eigenvalue weighted by molar-refractivity contribution is -0.276. The number of hydrogen-bond acceptors (Lipinski definition) is 5. The molecule has 88 valence electrons. The van der Waals surface area contributed by atoms with Gasteiger partial charge in [-0.25, -0.2) is 0 Å². The highest BCUT2D eigenvalue weighted by molar-refractivity contribution is 5.84. The van der Waals surface area contributed by atoms with Crippen molar-refractivity contribution in [2.75, 3.05) is 5.73 Å². The number of nitrogens with zero attached hydrogens (tertiary/aromatic N) is 1. The molecular weight excluding hydrogens is 227 g/mol. The zero-order chi connectivity index (χ0) is 12.3. The lowest BCUT2D eigenvalue weighted by Gasteiger charge is -2.11. The van der Waals surface area contributed by atoms with Gasteiger partial charge in [-0.1, -0.05) is 0 Å². The minimum atomic E-state index is -4.87. The van der Waals surface area contributed by atoms with Gasteiger partial charge in [0.1, 0.15) is 5.82 Å². The zero-order valence-corrected chi connectivity index (χ0v) is 7.91. The van der Waals surface area contributed by atoms with E-state index in [0.717, 1.165) is 6.07 Å². The molecule has 8 heteroatoms. The van der Waals surface area contributed by atoms with Gasteiger partial charge in [-0.2, -0.15) is 4.98 Å². The van der Waals surface area contributed by atoms with Gasteiger partial charge in [-0.15, -0.1) is 13.2 Å². The van der Waals surface area contributed by atoms with Crippen molar-refractivity contribution in [2.24, 2.45) is 5.73 Å². The van der Waals surface area contributed by atoms with Gasteiger partial charge in [0.25, 0.3) is 0 Å². The Morgan fingerprint density at radius 3 is 2.56 bits per heavy atom. The van der Waals surface area contributed by atoms with Crippen molar-refractivity contribution in [2.45, 2.75) is 12.9 Å². The maximum atomic E-state index is 11.9. The molecule has 5 nitrogen and oxygen atoms in total. The number of carbonyl (C=O) groups excluding carboxylic acids is 1. The van der Waals surface area contributed by atoms with Crippen molar-refractivity contribution in [3.8, 4) is 5.88 Å². The van der Waals surface area contributed by atoms with Crippen LogP contribution in [0.15, 0.2) is 6.07 Å². The molecule has 0 aliphatic carbocycles. The second-order valence-electron chi connectivity index (χ2n) is 2.79. The van der Waals surface area contributed by atoms with E-state index in [2.05, 4.69) is 9.72 Å². The number of aromatic nitrogens is 1. The summed E-state index contributed by atoms with van der Waals surface area (Å²) >= 11 is 0. The smallest absolute Gasteiger partial charge is 0.388 e. The first-order chi connectivity index (χ1) is 7.37. The summed E-state index contributed by atoms with van der Waals surface area (Å²) in [7, 11) is 0. The number of hydrogen-bond donors (Lipinski definition) is 2. The maximum absolute atomic E-state index is 11.9. The van der Waals surface area contributed by atoms with Gasteiger partial charge >= 0.3 is 6.36 Å². The van der Waals surface area contributed by atoms with E-state index < -0.39 is 12.2 Å². The fraction of sp³-hybridized carbons (Fsp3) is 0.250. The summed E-state index contributed by atoms with van der Waals surface area (Å²) in [6.45, 7) is -0.144. The highest BCUT2D eigenvalue weighted by Crippen LogP contribution is 2.24. The van der Waals surface area contributed by atoms with Crippen LogP contribution in [0.3, 0.4) is 0 Å². The fourth-order valence-electron chi connectivity index (χ4n) is 1.08. The summed E-state index contributed by atoms with van der Waals surface area (Å²) in [5.41, 5.74) is 10.6. The molecule has 0 saturated heterocycles. The number of aldehydes is 1. The van der Waals surface area contributed by atoms with Crippen LogP contribution in [0.1, 0.15) is 15.9 Å². The van der Waals surface area contributed by atoms with Crippen molar-refractivity contribution in [3.63, 3.8) is 0 Å². The van der Waals surface area contributed by atoms with Gasteiger partial charge in [0.15, 0.2) is 6.29 Å². The molecule has 0 saturated carbocycles. The molecule has 0 bridgehead atoms. The number of nitrogens with two attached hydrogens (primary N) is 2. The predicted octanol–water partition coefficient (Wildman–Crippen LogP) is 0.834. The molecule has 0 amide bonds. The normalized spacial score (nSPS) is 11.2. The lowest BCUT2D eigenvalue weighted by Crippen LogP contribution is -2.19. The number of alkyl halides is 3. The molecule has 0 aliphatic rings. The molecule has 0 radical (unpaired) electrons. The zero-order valence-electron chi connectivity index (χ0n) is 7.91. The van der Waals surface area contributed by atoms with E-state index in [1.54, 1.807) is 0 Å². The summed E-state index contributed by atoms with van der Waals surface area (Å²) < 4.78 is 39.2. The van der Waals surface area contributed by atoms with Crippen LogP contribution >= 0.6 is 0 Å². The summed E-state index contributed by atoms with van der Waals surface area (Å²) in [5.74, 6) is -1.09. The first kappa shape index (κ1) is 12.2. The largest absolute Gasteiger partial charge is 0.574 e. The van der Waals surface area contributed by atoms with Crippen LogP contribution < -0.4 is 16.2 Å². The molecule has 0 spiro atoms. The molecule has 16 heavy (non-hydrogen) atoms. The van der Waals surface area contributed by atoms with Gasteiger partial charge in [-0.3, -0.25) is 4.79 Å². The molecule has 0 aromatic carbocycles. The van der Waals surface area contributed by atoms with Crippen molar-refractivity contribution in [1.29, 1.82) is 0 Å². The molecular formula is C8H8F3N3O2. The van der Waals surface area contributed by atoms with Crippen LogP contribution in [-0.2, 0) is 6.54 Å². The van der Waals surface area contributed by atoms with Crippen LogP contribution in [0.5, 0.6) is 5.88 Å². The van der Waals surface area contributed by atoms with Crippen molar-refractivity contribution in [1.82, 2.24) is 4.98 Å². The van der Waals surface area contributed by atoms with E-state index in [1.165, 1.54) is 0 Å². The Labute approximate surface area is 88.2 Å². The number of nitrogen functional groups attached to an aromatic ring is 1. The summed E-state index contributed by atoms with van der Waals surface area (Å²) in [4.78, 5) is 13.9. The Bertz CT molecular complexity index is 406. The van der Waals surface area contributed by atoms with Crippen LogP contribution in [0, 0.1) is 0 Å². The minimum absolute atomic E-state index is 0.0305. The Hall–Kier alpha value is -1.83. The summed E-state index contributed by atoms with van der Waals surface area (Å²) in [6, 6.07) is 0.924. The second-order valence-corrected chi connectivity index (χ2v) is 2.79. The highest BCUT2D eigenvalue weighted by atomic mass is 19.4. The first-order valence-corrected chi connectivity index (χ1v) is 4.07. The van der Waals surface area contributed by atoms with Gasteiger partial charge in [0, 0.05) is 12.6 Å². The average Bonchev–Trinajstić information content (AvgIpc) is 2.14. The van der Waals surface area contributed by atoms with E-state index in [0.29, 0.717) is 6.29 Å². The third-order valence-corrected chi connectivity index (χ3v) is 1.71. The summed E-state index contributed by atoms with van der Waals surface area (Å²) in [5, 5.41) is 0. The topological polar surface area (TPSA) is 91.2 Å². The molecule has 1 aromatic heterocycles. The molecule has 1 heterocycles. The first-order valence-electron chi connectivity index (χ1n) is 4.07. The third kappa shape index (κ3) is 2.83. The Morgan fingerprint density at radius 1 is 1.50 bits per heavy atom. The van der Waals surface area contributed by atoms with Crippen molar-refractivity contribution < 1.29 is 22.7 Å². The van der Waals surface area contributed by atoms with Gasteiger partial charge in [0.2, 0.25) is 5.88 Å². The van der Waals surface area contributed by atoms with Crippen LogP contribution in [0.2, 0.25) is 0 Å². The minimum Gasteiger partial charge on any atom is -0.388 e. The van der Waals surface area contributed by atoms with Crippen LogP contribution in [0.4, 0.5) is 19.0 Å². The molecule has 1 rings (SSSR count). The summed E-state index contributed by atoms with van der Waals surface area (Å²) in [6.07, 6.45) is -4.49. The number of rotatable bonds is 3. The number of anilines is 1. The quantitative estimate of drug-likeness (QED) is 0.757. The number of pyridine rings is 1. The average molecular weight is 235 g/mol. The standard InChI is InChI=1S/C8H8F3N3O2/c9-8(10,11)16-6-1-4(2-12)5(3-15)7(13)14-6/h1,3H,2,12H2,(H2,13,14). The molecule has 0 aliphatic heterocycles. The van der Waals surface area contributed by atoms with E-state index in [9.17, 15) is 18.0 Å². The Balaban J connectivity index is 3.15. The Kier molecular flexibility index (Phi) is 3.33. The third-order valence-electron chi connectivity index (χ3n) is 1.71. The van der Waals surface area contributed by atoms with E-state index >= 15 is 0 Å². The number of halogens is 3. The molecule has 1 aromatic rings. The van der Waals surface area contributed by atoms with E-state index in [-0.39, 0.29) is 23.5 Å². The second kappa shape index (κ2) is 4.35. The highest BCUT2D eigenvalue weighted by Gasteiger charge is 2.32. The van der Waals surface area contributed by atoms with Crippen molar-refractivity contribution >= 4 is 12.1 Å². The lowest BCUT2D eigenvalue weighted by atomic mass is 10.1. The van der Waals surface area contributed by atoms with E-state index in [4.69, 9.17) is 11.5 Å². The monoisotopic (exact) mass is 235 g/mol. The molecule has 0 atom stereocenters. The van der Waals surface area contributed by atoms with Crippen LogP contribution in [0.25, 0.3) is 0 Å². The van der Waals surface area contributed by atoms with Gasteiger partial charge in [-0.05, 0) is 5.56 Å². The maximum Gasteiger partial charge on any atom is 0.574 e. The van der Waals surface area contributed by atoms with Crippen LogP contribution in [-0.4, -0.2) is 17.6 Å². The molecule has 0 unspecified atom stereocenters. The predicted molar refractivity (Wildman–Crippen MR) is 48.6 cm³/mol. The van der Waals surface area contributed by atoms with Gasteiger partial charge in [0.05, 0.1) is 5.56 Å². The van der Waals surface area contributed by atoms with E-state index in [1.807, 2.05) is 0 Å². The number of ether oxygens (including phenoxy) is 1. The molecule has 0 fully saturated rings.